The molecule has 0 aliphatic carbocycles. The van der Waals surface area contributed by atoms with Crippen LogP contribution in [0.4, 0.5) is 11.5 Å². The molecule has 6 rings (SSSR count). The molecule has 0 N–H and O–H groups in total. The maximum absolute atomic E-state index is 6.63. The molecular weight excluding hydrogens is 535 g/mol. The first-order valence-corrected chi connectivity index (χ1v) is 13.3. The number of anilines is 2. The second-order valence-electron chi connectivity index (χ2n) is 9.11. The maximum atomic E-state index is 6.63. The molecule has 3 heterocycles. The standard InChI is InChI=1S/C29H26Cl2N6O2/c1-38-21-11-12-24(25(17-21)39-2)35-13-15-36(16-14-35)28-26-29(33-18-32-28)37(20-9-7-19(30)8-10-20)27(34-26)22-5-3-4-6-23(22)31/h3-12,17-18H,13-16H2,1-2H3. The highest BCUT2D eigenvalue weighted by atomic mass is 35.5. The van der Waals surface area contributed by atoms with E-state index in [2.05, 4.69) is 19.8 Å². The van der Waals surface area contributed by atoms with E-state index in [-0.39, 0.29) is 0 Å². The third-order valence-electron chi connectivity index (χ3n) is 6.93. The van der Waals surface area contributed by atoms with Crippen molar-refractivity contribution in [2.75, 3.05) is 50.2 Å². The molecule has 0 saturated carbocycles. The van der Waals surface area contributed by atoms with Gasteiger partial charge in [-0.1, -0.05) is 35.3 Å². The number of imidazole rings is 1. The molecule has 1 fully saturated rings. The number of aromatic nitrogens is 4. The van der Waals surface area contributed by atoms with Crippen LogP contribution >= 0.6 is 23.2 Å². The number of hydrogen-bond donors (Lipinski definition) is 0. The number of fused-ring (bicyclic) bond motifs is 1. The molecule has 0 bridgehead atoms. The topological polar surface area (TPSA) is 68.5 Å². The first-order chi connectivity index (χ1) is 19.1. The van der Waals surface area contributed by atoms with Crippen LogP contribution in [0.2, 0.25) is 10.0 Å². The smallest absolute Gasteiger partial charge is 0.170 e. The zero-order valence-corrected chi connectivity index (χ0v) is 23.0. The summed E-state index contributed by atoms with van der Waals surface area (Å²) < 4.78 is 13.0. The lowest BCUT2D eigenvalue weighted by atomic mass is 10.2. The average Bonchev–Trinajstić information content (AvgIpc) is 3.37. The van der Waals surface area contributed by atoms with Crippen LogP contribution in [-0.4, -0.2) is 59.9 Å². The molecule has 0 amide bonds. The van der Waals surface area contributed by atoms with Gasteiger partial charge in [-0.15, -0.1) is 0 Å². The first kappa shape index (κ1) is 25.3. The van der Waals surface area contributed by atoms with Gasteiger partial charge in [0.2, 0.25) is 0 Å². The van der Waals surface area contributed by atoms with Crippen molar-refractivity contribution in [3.8, 4) is 28.6 Å². The normalized spacial score (nSPS) is 13.6. The molecule has 1 aliphatic heterocycles. The monoisotopic (exact) mass is 560 g/mol. The van der Waals surface area contributed by atoms with Crippen molar-refractivity contribution in [2.24, 2.45) is 0 Å². The summed E-state index contributed by atoms with van der Waals surface area (Å²) in [5.41, 5.74) is 4.17. The van der Waals surface area contributed by atoms with E-state index in [4.69, 9.17) is 37.7 Å². The molecule has 1 saturated heterocycles. The fraction of sp³-hybridized carbons (Fsp3) is 0.207. The Morgan fingerprint density at radius 3 is 2.26 bits per heavy atom. The van der Waals surface area contributed by atoms with Gasteiger partial charge in [-0.3, -0.25) is 4.57 Å². The summed E-state index contributed by atoms with van der Waals surface area (Å²) in [6.07, 6.45) is 1.60. The van der Waals surface area contributed by atoms with Crippen molar-refractivity contribution >= 4 is 45.9 Å². The Morgan fingerprint density at radius 1 is 0.795 bits per heavy atom. The third kappa shape index (κ3) is 4.70. The molecule has 1 aliphatic rings. The van der Waals surface area contributed by atoms with Crippen LogP contribution in [0.5, 0.6) is 11.5 Å². The predicted molar refractivity (Wildman–Crippen MR) is 156 cm³/mol. The molecule has 0 spiro atoms. The number of halogens is 2. The summed E-state index contributed by atoms with van der Waals surface area (Å²) in [4.78, 5) is 19.0. The number of piperazine rings is 1. The highest BCUT2D eigenvalue weighted by molar-refractivity contribution is 6.33. The van der Waals surface area contributed by atoms with Crippen molar-refractivity contribution in [2.45, 2.75) is 0 Å². The van der Waals surface area contributed by atoms with E-state index in [1.165, 1.54) is 0 Å². The summed E-state index contributed by atoms with van der Waals surface area (Å²) in [6.45, 7) is 3.11. The lowest BCUT2D eigenvalue weighted by molar-refractivity contribution is 0.394. The van der Waals surface area contributed by atoms with Crippen molar-refractivity contribution in [3.05, 3.63) is 83.1 Å². The minimum Gasteiger partial charge on any atom is -0.497 e. The van der Waals surface area contributed by atoms with Gasteiger partial charge in [0, 0.05) is 48.5 Å². The zero-order chi connectivity index (χ0) is 26.9. The molecule has 5 aromatic rings. The Hall–Kier alpha value is -4.01. The van der Waals surface area contributed by atoms with Crippen molar-refractivity contribution in [3.63, 3.8) is 0 Å². The average molecular weight is 561 g/mol. The fourth-order valence-electron chi connectivity index (χ4n) is 4.98. The van der Waals surface area contributed by atoms with Gasteiger partial charge >= 0.3 is 0 Å². The summed E-state index contributed by atoms with van der Waals surface area (Å²) in [6, 6.07) is 21.2. The van der Waals surface area contributed by atoms with Crippen LogP contribution in [0.1, 0.15) is 0 Å². The van der Waals surface area contributed by atoms with E-state index >= 15 is 0 Å². The van der Waals surface area contributed by atoms with E-state index in [1.807, 2.05) is 71.3 Å². The largest absolute Gasteiger partial charge is 0.497 e. The van der Waals surface area contributed by atoms with Gasteiger partial charge in [-0.25, -0.2) is 15.0 Å². The number of nitrogens with zero attached hydrogens (tertiary/aromatic N) is 6. The van der Waals surface area contributed by atoms with Crippen LogP contribution in [-0.2, 0) is 0 Å². The fourth-order valence-corrected chi connectivity index (χ4v) is 5.32. The second-order valence-corrected chi connectivity index (χ2v) is 9.95. The maximum Gasteiger partial charge on any atom is 0.170 e. The number of methoxy groups -OCH3 is 2. The van der Waals surface area contributed by atoms with Gasteiger partial charge in [0.1, 0.15) is 23.7 Å². The van der Waals surface area contributed by atoms with Crippen LogP contribution in [0, 0.1) is 0 Å². The molecule has 0 atom stereocenters. The molecule has 0 unspecified atom stereocenters. The van der Waals surface area contributed by atoms with E-state index < -0.39 is 0 Å². The number of ether oxygens (including phenoxy) is 2. The molecule has 0 radical (unpaired) electrons. The van der Waals surface area contributed by atoms with Gasteiger partial charge in [-0.2, -0.15) is 0 Å². The van der Waals surface area contributed by atoms with E-state index in [1.54, 1.807) is 20.5 Å². The van der Waals surface area contributed by atoms with E-state index in [0.717, 1.165) is 66.0 Å². The van der Waals surface area contributed by atoms with Crippen LogP contribution in [0.15, 0.2) is 73.1 Å². The number of benzene rings is 3. The first-order valence-electron chi connectivity index (χ1n) is 12.5. The molecule has 10 heteroatoms. The Bertz CT molecular complexity index is 1630. The van der Waals surface area contributed by atoms with Crippen molar-refractivity contribution in [1.29, 1.82) is 0 Å². The molecule has 3 aromatic carbocycles. The summed E-state index contributed by atoms with van der Waals surface area (Å²) >= 11 is 12.8. The van der Waals surface area contributed by atoms with Crippen LogP contribution in [0.25, 0.3) is 28.2 Å². The highest BCUT2D eigenvalue weighted by Crippen LogP contribution is 2.36. The Kier molecular flexibility index (Phi) is 6.89. The Balaban J connectivity index is 1.38. The van der Waals surface area contributed by atoms with E-state index in [9.17, 15) is 0 Å². The minimum absolute atomic E-state index is 0.611. The number of rotatable bonds is 6. The SMILES string of the molecule is COc1ccc(N2CCN(c3ncnc4c3nc(-c3ccccc3Cl)n4-c3ccc(Cl)cc3)CC2)c(OC)c1. The second kappa shape index (κ2) is 10.6. The lowest BCUT2D eigenvalue weighted by Gasteiger charge is -2.37. The lowest BCUT2D eigenvalue weighted by Crippen LogP contribution is -2.47. The van der Waals surface area contributed by atoms with Gasteiger partial charge in [-0.05, 0) is 48.5 Å². The van der Waals surface area contributed by atoms with E-state index in [0.29, 0.717) is 21.5 Å². The Labute approximate surface area is 236 Å². The number of hydrogen-bond acceptors (Lipinski definition) is 7. The van der Waals surface area contributed by atoms with Gasteiger partial charge in [0.15, 0.2) is 17.0 Å². The summed E-state index contributed by atoms with van der Waals surface area (Å²) in [7, 11) is 3.33. The van der Waals surface area contributed by atoms with Crippen molar-refractivity contribution < 1.29 is 9.47 Å². The molecular formula is C29H26Cl2N6O2. The Morgan fingerprint density at radius 2 is 1.54 bits per heavy atom. The van der Waals surface area contributed by atoms with Crippen LogP contribution < -0.4 is 19.3 Å². The highest BCUT2D eigenvalue weighted by Gasteiger charge is 2.26. The van der Waals surface area contributed by atoms with Crippen LogP contribution in [0.3, 0.4) is 0 Å². The van der Waals surface area contributed by atoms with Gasteiger partial charge in [0.05, 0.1) is 24.9 Å². The molecule has 8 nitrogen and oxygen atoms in total. The van der Waals surface area contributed by atoms with Gasteiger partial charge in [0.25, 0.3) is 0 Å². The summed E-state index contributed by atoms with van der Waals surface area (Å²) in [5.74, 6) is 3.05. The molecule has 2 aromatic heterocycles. The quantitative estimate of drug-likeness (QED) is 0.247. The molecule has 198 valence electrons. The minimum atomic E-state index is 0.611. The zero-order valence-electron chi connectivity index (χ0n) is 21.5. The predicted octanol–water partition coefficient (Wildman–Crippen LogP) is 6.13. The molecule has 39 heavy (non-hydrogen) atoms. The van der Waals surface area contributed by atoms with Crippen molar-refractivity contribution in [1.82, 2.24) is 19.5 Å². The third-order valence-corrected chi connectivity index (χ3v) is 7.51. The summed E-state index contributed by atoms with van der Waals surface area (Å²) in [5, 5.41) is 1.27. The van der Waals surface area contributed by atoms with Gasteiger partial charge < -0.3 is 19.3 Å².